The summed E-state index contributed by atoms with van der Waals surface area (Å²) in [6, 6.07) is 5.27. The van der Waals surface area contributed by atoms with E-state index in [0.717, 1.165) is 11.4 Å². The maximum atomic E-state index is 12.6. The van der Waals surface area contributed by atoms with Crippen molar-refractivity contribution in [2.75, 3.05) is 13.1 Å². The second-order valence-corrected chi connectivity index (χ2v) is 7.29. The third-order valence-corrected chi connectivity index (χ3v) is 4.57. The zero-order chi connectivity index (χ0) is 20.4. The van der Waals surface area contributed by atoms with Crippen LogP contribution in [0.3, 0.4) is 0 Å². The molecule has 1 saturated heterocycles. The van der Waals surface area contributed by atoms with E-state index in [1.807, 2.05) is 33.8 Å². The number of rotatable bonds is 4. The second kappa shape index (κ2) is 8.10. The Morgan fingerprint density at radius 3 is 2.43 bits per heavy atom. The van der Waals surface area contributed by atoms with E-state index in [4.69, 9.17) is 9.47 Å². The molecule has 3 heterocycles. The van der Waals surface area contributed by atoms with Crippen molar-refractivity contribution in [3.05, 3.63) is 41.3 Å². The predicted molar refractivity (Wildman–Crippen MR) is 102 cm³/mol. The second-order valence-electron chi connectivity index (χ2n) is 7.29. The number of pyridine rings is 1. The molecule has 2 aromatic rings. The van der Waals surface area contributed by atoms with Crippen LogP contribution >= 0.6 is 0 Å². The van der Waals surface area contributed by atoms with Gasteiger partial charge in [-0.1, -0.05) is 0 Å². The van der Waals surface area contributed by atoms with Gasteiger partial charge in [0.15, 0.2) is 11.9 Å². The van der Waals surface area contributed by atoms with E-state index in [1.165, 1.54) is 6.20 Å². The molecule has 1 aliphatic heterocycles. The summed E-state index contributed by atoms with van der Waals surface area (Å²) >= 11 is 0. The van der Waals surface area contributed by atoms with Crippen molar-refractivity contribution in [3.8, 4) is 5.82 Å². The van der Waals surface area contributed by atoms with Crippen LogP contribution in [0.25, 0.3) is 5.82 Å². The minimum absolute atomic E-state index is 0.0401. The van der Waals surface area contributed by atoms with Crippen LogP contribution in [0.1, 0.15) is 42.5 Å². The fourth-order valence-electron chi connectivity index (χ4n) is 3.39. The maximum Gasteiger partial charge on any atom is 0.340 e. The summed E-state index contributed by atoms with van der Waals surface area (Å²) in [6.07, 6.45) is 0.480. The molecule has 8 heteroatoms. The molecule has 0 aliphatic carbocycles. The molecule has 3 unspecified atom stereocenters. The van der Waals surface area contributed by atoms with E-state index in [1.54, 1.807) is 28.6 Å². The van der Waals surface area contributed by atoms with E-state index in [2.05, 4.69) is 10.1 Å². The average molecular weight is 386 g/mol. The molecule has 0 bridgehead atoms. The van der Waals surface area contributed by atoms with Gasteiger partial charge in [-0.15, -0.1) is 0 Å². The minimum Gasteiger partial charge on any atom is -0.449 e. The average Bonchev–Trinajstić information content (AvgIpc) is 2.98. The predicted octanol–water partition coefficient (Wildman–Crippen LogP) is 2.07. The Kier molecular flexibility index (Phi) is 5.79. The Morgan fingerprint density at radius 1 is 1.21 bits per heavy atom. The van der Waals surface area contributed by atoms with Gasteiger partial charge in [-0.25, -0.2) is 14.5 Å². The van der Waals surface area contributed by atoms with Crippen molar-refractivity contribution < 1.29 is 19.1 Å². The molecule has 150 valence electrons. The highest BCUT2D eigenvalue weighted by Gasteiger charge is 2.30. The maximum absolute atomic E-state index is 12.6. The molecular formula is C20H26N4O4. The number of nitrogens with zero attached hydrogens (tertiary/aromatic N) is 4. The lowest BCUT2D eigenvalue weighted by atomic mass is 10.2. The number of morpholine rings is 1. The van der Waals surface area contributed by atoms with Crippen molar-refractivity contribution >= 4 is 11.9 Å². The van der Waals surface area contributed by atoms with E-state index in [9.17, 15) is 9.59 Å². The zero-order valence-corrected chi connectivity index (χ0v) is 16.9. The normalized spacial score (nSPS) is 20.7. The summed E-state index contributed by atoms with van der Waals surface area (Å²) in [5, 5.41) is 4.37. The number of carbonyl (C=O) groups is 2. The first-order valence-electron chi connectivity index (χ1n) is 9.39. The molecule has 1 aliphatic rings. The summed E-state index contributed by atoms with van der Waals surface area (Å²) in [4.78, 5) is 31.0. The van der Waals surface area contributed by atoms with Gasteiger partial charge in [0.1, 0.15) is 0 Å². The van der Waals surface area contributed by atoms with Crippen LogP contribution in [-0.4, -0.2) is 62.9 Å². The molecular weight excluding hydrogens is 360 g/mol. The minimum atomic E-state index is -0.874. The Morgan fingerprint density at radius 2 is 1.89 bits per heavy atom. The van der Waals surface area contributed by atoms with Crippen molar-refractivity contribution in [2.45, 2.75) is 52.9 Å². The third-order valence-electron chi connectivity index (χ3n) is 4.57. The van der Waals surface area contributed by atoms with E-state index in [-0.39, 0.29) is 23.7 Å². The molecule has 0 saturated carbocycles. The number of esters is 1. The van der Waals surface area contributed by atoms with Crippen LogP contribution in [0.2, 0.25) is 0 Å². The molecule has 0 spiro atoms. The van der Waals surface area contributed by atoms with Gasteiger partial charge < -0.3 is 14.4 Å². The monoisotopic (exact) mass is 386 g/mol. The Labute approximate surface area is 164 Å². The Bertz CT molecular complexity index is 852. The molecule has 8 nitrogen and oxygen atoms in total. The van der Waals surface area contributed by atoms with Gasteiger partial charge >= 0.3 is 5.97 Å². The number of aromatic nitrogens is 3. The molecule has 2 aromatic heterocycles. The fourth-order valence-corrected chi connectivity index (χ4v) is 3.39. The lowest BCUT2D eigenvalue weighted by molar-refractivity contribution is -0.151. The van der Waals surface area contributed by atoms with Crippen LogP contribution in [-0.2, 0) is 14.3 Å². The smallest absolute Gasteiger partial charge is 0.340 e. The van der Waals surface area contributed by atoms with E-state index >= 15 is 0 Å². The van der Waals surface area contributed by atoms with E-state index in [0.29, 0.717) is 18.9 Å². The standard InChI is InChI=1S/C20H26N4O4/c1-12-8-13(2)24(22-12)18-7-6-17(9-21-18)20(26)28-16(5)19(25)23-10-14(3)27-15(4)11-23/h6-9,14-16H,10-11H2,1-5H3. The number of hydrogen-bond acceptors (Lipinski definition) is 6. The summed E-state index contributed by atoms with van der Waals surface area (Å²) in [5.74, 6) is -0.187. The molecule has 1 fully saturated rings. The Balaban J connectivity index is 1.64. The molecule has 3 atom stereocenters. The zero-order valence-electron chi connectivity index (χ0n) is 16.9. The molecule has 0 radical (unpaired) electrons. The largest absolute Gasteiger partial charge is 0.449 e. The first-order valence-corrected chi connectivity index (χ1v) is 9.39. The molecule has 1 amide bonds. The highest BCUT2D eigenvalue weighted by molar-refractivity contribution is 5.92. The summed E-state index contributed by atoms with van der Waals surface area (Å²) < 4.78 is 12.7. The highest BCUT2D eigenvalue weighted by atomic mass is 16.5. The van der Waals surface area contributed by atoms with Gasteiger partial charge in [-0.2, -0.15) is 5.10 Å². The van der Waals surface area contributed by atoms with Crippen molar-refractivity contribution in [3.63, 3.8) is 0 Å². The van der Waals surface area contributed by atoms with Crippen molar-refractivity contribution in [1.29, 1.82) is 0 Å². The number of ether oxygens (including phenoxy) is 2. The van der Waals surface area contributed by atoms with Crippen LogP contribution in [0, 0.1) is 13.8 Å². The highest BCUT2D eigenvalue weighted by Crippen LogP contribution is 2.15. The van der Waals surface area contributed by atoms with Gasteiger partial charge in [0.25, 0.3) is 5.91 Å². The number of hydrogen-bond donors (Lipinski definition) is 0. The fraction of sp³-hybridized carbons (Fsp3) is 0.500. The van der Waals surface area contributed by atoms with Gasteiger partial charge in [-0.05, 0) is 52.8 Å². The van der Waals surface area contributed by atoms with Gasteiger partial charge in [0.2, 0.25) is 0 Å². The first kappa shape index (κ1) is 20.0. The van der Waals surface area contributed by atoms with Gasteiger partial charge in [0, 0.05) is 25.0 Å². The van der Waals surface area contributed by atoms with Gasteiger partial charge in [-0.3, -0.25) is 4.79 Å². The Hall–Kier alpha value is -2.74. The first-order chi connectivity index (χ1) is 13.2. The van der Waals surface area contributed by atoms with Gasteiger partial charge in [0.05, 0.1) is 23.5 Å². The molecule has 0 N–H and O–H groups in total. The van der Waals surface area contributed by atoms with Crippen LogP contribution in [0.5, 0.6) is 0 Å². The third kappa shape index (κ3) is 4.39. The molecule has 3 rings (SSSR count). The lowest BCUT2D eigenvalue weighted by Gasteiger charge is -2.36. The van der Waals surface area contributed by atoms with Crippen molar-refractivity contribution in [2.24, 2.45) is 0 Å². The quantitative estimate of drug-likeness (QED) is 0.748. The van der Waals surface area contributed by atoms with Crippen LogP contribution in [0.15, 0.2) is 24.4 Å². The lowest BCUT2D eigenvalue weighted by Crippen LogP contribution is -2.51. The van der Waals surface area contributed by atoms with Crippen LogP contribution in [0.4, 0.5) is 0 Å². The van der Waals surface area contributed by atoms with Crippen LogP contribution < -0.4 is 0 Å². The summed E-state index contributed by atoms with van der Waals surface area (Å²) in [6.45, 7) is 10.2. The summed E-state index contributed by atoms with van der Waals surface area (Å²) in [5.41, 5.74) is 2.13. The molecule has 28 heavy (non-hydrogen) atoms. The van der Waals surface area contributed by atoms with Crippen molar-refractivity contribution in [1.82, 2.24) is 19.7 Å². The summed E-state index contributed by atoms with van der Waals surface area (Å²) in [7, 11) is 0. The van der Waals surface area contributed by atoms with E-state index < -0.39 is 12.1 Å². The number of aryl methyl sites for hydroxylation is 2. The number of amides is 1. The molecule has 0 aromatic carbocycles. The SMILES string of the molecule is Cc1cc(C)n(-c2ccc(C(=O)OC(C)C(=O)N3CC(C)OC(C)C3)cn2)n1. The number of carbonyl (C=O) groups excluding carboxylic acids is 2. The topological polar surface area (TPSA) is 86.5 Å².